The summed E-state index contributed by atoms with van der Waals surface area (Å²) in [4.78, 5) is 11.9. The van der Waals surface area contributed by atoms with Crippen molar-refractivity contribution in [1.82, 2.24) is 5.32 Å². The molecule has 1 aromatic heterocycles. The van der Waals surface area contributed by atoms with Gasteiger partial charge in [0, 0.05) is 17.7 Å². The van der Waals surface area contributed by atoms with E-state index in [-0.39, 0.29) is 5.91 Å². The Morgan fingerprint density at radius 1 is 1.42 bits per heavy atom. The Morgan fingerprint density at radius 2 is 2.26 bits per heavy atom. The molecule has 0 aliphatic rings. The molecule has 100 valence electrons. The fourth-order valence-corrected chi connectivity index (χ4v) is 1.65. The van der Waals surface area contributed by atoms with Crippen molar-refractivity contribution >= 4 is 11.6 Å². The fraction of sp³-hybridized carbons (Fsp3) is 0.214. The van der Waals surface area contributed by atoms with Crippen LogP contribution in [0.15, 0.2) is 41.2 Å². The molecule has 0 bridgehead atoms. The van der Waals surface area contributed by atoms with E-state index >= 15 is 0 Å². The van der Waals surface area contributed by atoms with Crippen LogP contribution in [-0.4, -0.2) is 12.5 Å². The molecule has 3 N–H and O–H groups in total. The predicted molar refractivity (Wildman–Crippen MR) is 71.9 cm³/mol. The van der Waals surface area contributed by atoms with Gasteiger partial charge in [-0.2, -0.15) is 0 Å². The molecule has 5 nitrogen and oxygen atoms in total. The Bertz CT molecular complexity index is 550. The lowest BCUT2D eigenvalue weighted by molar-refractivity contribution is 0.0951. The van der Waals surface area contributed by atoms with Gasteiger partial charge in [-0.15, -0.1) is 0 Å². The number of hydrogen-bond donors (Lipinski definition) is 2. The Kier molecular flexibility index (Phi) is 4.07. The van der Waals surface area contributed by atoms with Crippen LogP contribution >= 0.6 is 0 Å². The summed E-state index contributed by atoms with van der Waals surface area (Å²) in [6.45, 7) is 2.84. The Balaban J connectivity index is 2.01. The maximum Gasteiger partial charge on any atom is 0.251 e. The van der Waals surface area contributed by atoms with Gasteiger partial charge >= 0.3 is 0 Å². The largest absolute Gasteiger partial charge is 0.492 e. The number of carbonyl (C=O) groups excluding carboxylic acids is 1. The molecular weight excluding hydrogens is 244 g/mol. The van der Waals surface area contributed by atoms with Crippen molar-refractivity contribution in [2.75, 3.05) is 12.3 Å². The summed E-state index contributed by atoms with van der Waals surface area (Å²) in [5.41, 5.74) is 7.69. The molecule has 1 amide bonds. The molecule has 0 aliphatic heterocycles. The third-order valence-electron chi connectivity index (χ3n) is 2.60. The lowest BCUT2D eigenvalue weighted by Gasteiger charge is -2.09. The van der Waals surface area contributed by atoms with E-state index in [4.69, 9.17) is 14.9 Å². The van der Waals surface area contributed by atoms with E-state index in [1.807, 2.05) is 6.92 Å². The number of furan rings is 1. The molecule has 19 heavy (non-hydrogen) atoms. The van der Waals surface area contributed by atoms with E-state index < -0.39 is 0 Å². The monoisotopic (exact) mass is 260 g/mol. The Morgan fingerprint density at radius 3 is 2.89 bits per heavy atom. The number of anilines is 1. The zero-order chi connectivity index (χ0) is 13.7. The minimum atomic E-state index is -0.184. The molecule has 0 spiro atoms. The van der Waals surface area contributed by atoms with E-state index in [9.17, 15) is 4.79 Å². The molecule has 2 rings (SSSR count). The van der Waals surface area contributed by atoms with E-state index in [2.05, 4.69) is 5.32 Å². The summed E-state index contributed by atoms with van der Waals surface area (Å²) >= 11 is 0. The molecule has 1 heterocycles. The first-order valence-electron chi connectivity index (χ1n) is 6.02. The van der Waals surface area contributed by atoms with E-state index in [1.54, 1.807) is 36.8 Å². The highest BCUT2D eigenvalue weighted by Gasteiger charge is 2.08. The maximum atomic E-state index is 11.9. The molecule has 0 fully saturated rings. The first-order valence-corrected chi connectivity index (χ1v) is 6.02. The van der Waals surface area contributed by atoms with Gasteiger partial charge in [0.05, 0.1) is 24.8 Å². The molecule has 0 saturated carbocycles. The second kappa shape index (κ2) is 5.95. The normalized spacial score (nSPS) is 10.2. The Hall–Kier alpha value is -2.43. The van der Waals surface area contributed by atoms with Crippen LogP contribution in [0.3, 0.4) is 0 Å². The number of benzene rings is 1. The number of hydrogen-bond acceptors (Lipinski definition) is 4. The van der Waals surface area contributed by atoms with Crippen molar-refractivity contribution < 1.29 is 13.9 Å². The van der Waals surface area contributed by atoms with Gasteiger partial charge in [-0.1, -0.05) is 0 Å². The van der Waals surface area contributed by atoms with Gasteiger partial charge in [-0.25, -0.2) is 0 Å². The molecular formula is C14H16N2O3. The van der Waals surface area contributed by atoms with Crippen LogP contribution in [0, 0.1) is 0 Å². The van der Waals surface area contributed by atoms with Crippen LogP contribution in [0.4, 0.5) is 5.69 Å². The lowest BCUT2D eigenvalue weighted by Crippen LogP contribution is -2.22. The summed E-state index contributed by atoms with van der Waals surface area (Å²) in [5, 5.41) is 2.78. The summed E-state index contributed by atoms with van der Waals surface area (Å²) in [7, 11) is 0. The second-order valence-corrected chi connectivity index (χ2v) is 4.00. The molecule has 5 heteroatoms. The maximum absolute atomic E-state index is 11.9. The highest BCUT2D eigenvalue weighted by atomic mass is 16.5. The minimum Gasteiger partial charge on any atom is -0.492 e. The fourth-order valence-electron chi connectivity index (χ4n) is 1.65. The van der Waals surface area contributed by atoms with Gasteiger partial charge in [0.2, 0.25) is 0 Å². The van der Waals surface area contributed by atoms with Crippen LogP contribution < -0.4 is 15.8 Å². The number of ether oxygens (including phenoxy) is 1. The first-order chi connectivity index (χ1) is 9.20. The highest BCUT2D eigenvalue weighted by Crippen LogP contribution is 2.22. The number of nitrogen functional groups attached to an aromatic ring is 1. The lowest BCUT2D eigenvalue weighted by atomic mass is 10.1. The molecule has 0 radical (unpaired) electrons. The predicted octanol–water partition coefficient (Wildman–Crippen LogP) is 2.19. The number of rotatable bonds is 5. The molecule has 0 unspecified atom stereocenters. The van der Waals surface area contributed by atoms with Crippen LogP contribution in [0.1, 0.15) is 22.8 Å². The average Bonchev–Trinajstić information content (AvgIpc) is 2.91. The van der Waals surface area contributed by atoms with Crippen molar-refractivity contribution in [3.05, 3.63) is 47.9 Å². The third-order valence-corrected chi connectivity index (χ3v) is 2.60. The van der Waals surface area contributed by atoms with Gasteiger partial charge in [-0.3, -0.25) is 4.79 Å². The van der Waals surface area contributed by atoms with Gasteiger partial charge in [0.25, 0.3) is 5.91 Å². The number of amides is 1. The van der Waals surface area contributed by atoms with E-state index in [1.165, 1.54) is 0 Å². The van der Waals surface area contributed by atoms with Gasteiger partial charge in [-0.05, 0) is 31.2 Å². The van der Waals surface area contributed by atoms with Gasteiger partial charge in [0.15, 0.2) is 0 Å². The van der Waals surface area contributed by atoms with Gasteiger partial charge in [0.1, 0.15) is 5.75 Å². The molecule has 1 aromatic carbocycles. The third kappa shape index (κ3) is 3.28. The molecule has 0 atom stereocenters. The van der Waals surface area contributed by atoms with Crippen molar-refractivity contribution in [3.8, 4) is 5.75 Å². The van der Waals surface area contributed by atoms with Crippen molar-refractivity contribution in [3.63, 3.8) is 0 Å². The van der Waals surface area contributed by atoms with Crippen LogP contribution in [0.2, 0.25) is 0 Å². The number of nitrogens with two attached hydrogens (primary N) is 1. The molecule has 0 aliphatic carbocycles. The van der Waals surface area contributed by atoms with Crippen molar-refractivity contribution in [2.24, 2.45) is 0 Å². The summed E-state index contributed by atoms with van der Waals surface area (Å²) < 4.78 is 10.2. The van der Waals surface area contributed by atoms with Crippen LogP contribution in [0.25, 0.3) is 0 Å². The van der Waals surface area contributed by atoms with E-state index in [0.29, 0.717) is 30.2 Å². The van der Waals surface area contributed by atoms with Crippen molar-refractivity contribution in [2.45, 2.75) is 13.5 Å². The standard InChI is InChI=1S/C14H16N2O3/c1-2-19-13-4-3-11(7-12(13)15)14(17)16-8-10-5-6-18-9-10/h3-7,9H,2,8,15H2,1H3,(H,16,17). The molecule has 0 saturated heterocycles. The number of carbonyl (C=O) groups is 1. The first kappa shape index (κ1) is 13.0. The summed E-state index contributed by atoms with van der Waals surface area (Å²) in [5.74, 6) is 0.407. The second-order valence-electron chi connectivity index (χ2n) is 4.00. The minimum absolute atomic E-state index is 0.184. The van der Waals surface area contributed by atoms with Crippen LogP contribution in [0.5, 0.6) is 5.75 Å². The quantitative estimate of drug-likeness (QED) is 0.808. The SMILES string of the molecule is CCOc1ccc(C(=O)NCc2ccoc2)cc1N. The molecule has 2 aromatic rings. The van der Waals surface area contributed by atoms with E-state index in [0.717, 1.165) is 5.56 Å². The average molecular weight is 260 g/mol. The van der Waals surface area contributed by atoms with Crippen molar-refractivity contribution in [1.29, 1.82) is 0 Å². The topological polar surface area (TPSA) is 77.5 Å². The number of nitrogens with one attached hydrogen (secondary N) is 1. The van der Waals surface area contributed by atoms with Gasteiger partial charge < -0.3 is 20.2 Å². The van der Waals surface area contributed by atoms with Crippen LogP contribution in [-0.2, 0) is 6.54 Å². The zero-order valence-corrected chi connectivity index (χ0v) is 10.7. The highest BCUT2D eigenvalue weighted by molar-refractivity contribution is 5.95. The summed E-state index contributed by atoms with van der Waals surface area (Å²) in [6.07, 6.45) is 3.16. The zero-order valence-electron chi connectivity index (χ0n) is 10.7. The Labute approximate surface area is 111 Å². The smallest absolute Gasteiger partial charge is 0.251 e. The summed E-state index contributed by atoms with van der Waals surface area (Å²) in [6, 6.07) is 6.79.